The van der Waals surface area contributed by atoms with Gasteiger partial charge in [-0.05, 0) is 37.0 Å². The number of rotatable bonds is 5. The molecule has 0 saturated heterocycles. The zero-order chi connectivity index (χ0) is 18.4. The second-order valence-corrected chi connectivity index (χ2v) is 7.94. The third-order valence-corrected chi connectivity index (χ3v) is 5.06. The molecule has 138 valence electrons. The van der Waals surface area contributed by atoms with E-state index in [1.54, 1.807) is 0 Å². The summed E-state index contributed by atoms with van der Waals surface area (Å²) in [5, 5.41) is 21.7. The number of nitrogens with zero attached hydrogens (tertiary/aromatic N) is 2. The van der Waals surface area contributed by atoms with Crippen molar-refractivity contribution < 1.29 is 4.79 Å². The van der Waals surface area contributed by atoms with E-state index >= 15 is 0 Å². The Morgan fingerprint density at radius 3 is 2.80 bits per heavy atom. The molecule has 7 nitrogen and oxygen atoms in total. The van der Waals surface area contributed by atoms with E-state index in [0.717, 1.165) is 18.5 Å². The molecule has 7 heteroatoms. The maximum absolute atomic E-state index is 12.2. The minimum absolute atomic E-state index is 0.106. The van der Waals surface area contributed by atoms with Crippen molar-refractivity contribution >= 4 is 11.8 Å². The molecule has 0 spiro atoms. The Balaban J connectivity index is 1.76. The van der Waals surface area contributed by atoms with E-state index in [0.29, 0.717) is 24.4 Å². The molecule has 25 heavy (non-hydrogen) atoms. The molecule has 2 atom stereocenters. The summed E-state index contributed by atoms with van der Waals surface area (Å²) in [6.07, 6.45) is 5.99. The van der Waals surface area contributed by atoms with Gasteiger partial charge in [-0.3, -0.25) is 5.10 Å². The number of nitrogens with two attached hydrogens (primary N) is 1. The van der Waals surface area contributed by atoms with E-state index in [1.165, 1.54) is 19.3 Å². The molecule has 1 heterocycles. The summed E-state index contributed by atoms with van der Waals surface area (Å²) >= 11 is 0. The van der Waals surface area contributed by atoms with Gasteiger partial charge in [-0.2, -0.15) is 10.4 Å². The Bertz CT molecular complexity index is 624. The number of hydrogen-bond donors (Lipinski definition) is 4. The van der Waals surface area contributed by atoms with Gasteiger partial charge in [0, 0.05) is 12.6 Å². The predicted octanol–water partition coefficient (Wildman–Crippen LogP) is 2.70. The van der Waals surface area contributed by atoms with Crippen LogP contribution in [0.25, 0.3) is 0 Å². The first-order valence-corrected chi connectivity index (χ1v) is 9.10. The Morgan fingerprint density at radius 1 is 1.40 bits per heavy atom. The zero-order valence-corrected chi connectivity index (χ0v) is 15.5. The molecule has 1 aliphatic rings. The molecule has 0 unspecified atom stereocenters. The summed E-state index contributed by atoms with van der Waals surface area (Å²) in [5.74, 6) is 0.742. The first-order valence-electron chi connectivity index (χ1n) is 9.10. The van der Waals surface area contributed by atoms with Crippen molar-refractivity contribution in [2.45, 2.75) is 65.3 Å². The van der Waals surface area contributed by atoms with Crippen LogP contribution in [0.15, 0.2) is 0 Å². The van der Waals surface area contributed by atoms with Crippen LogP contribution < -0.4 is 16.4 Å². The topological polar surface area (TPSA) is 120 Å². The summed E-state index contributed by atoms with van der Waals surface area (Å²) in [7, 11) is 0. The molecule has 0 aromatic carbocycles. The largest absolute Gasteiger partial charge is 0.381 e. The number of H-pyrrole nitrogens is 1. The van der Waals surface area contributed by atoms with Crippen LogP contribution in [0.3, 0.4) is 0 Å². The number of hydrogen-bond acceptors (Lipinski definition) is 4. The number of urea groups is 1. The first kappa shape index (κ1) is 19.1. The fourth-order valence-corrected chi connectivity index (χ4v) is 3.73. The normalized spacial score (nSPS) is 20.7. The molecule has 0 aliphatic heterocycles. The van der Waals surface area contributed by atoms with Crippen molar-refractivity contribution in [3.8, 4) is 6.07 Å². The number of anilines is 1. The highest BCUT2D eigenvalue weighted by molar-refractivity contribution is 5.74. The molecule has 1 aromatic heterocycles. The smallest absolute Gasteiger partial charge is 0.315 e. The van der Waals surface area contributed by atoms with E-state index in [2.05, 4.69) is 41.6 Å². The highest BCUT2D eigenvalue weighted by Gasteiger charge is 2.34. The van der Waals surface area contributed by atoms with Gasteiger partial charge in [-0.25, -0.2) is 4.79 Å². The van der Waals surface area contributed by atoms with Gasteiger partial charge in [0.25, 0.3) is 0 Å². The Kier molecular flexibility index (Phi) is 6.29. The van der Waals surface area contributed by atoms with Crippen LogP contribution in [0, 0.1) is 22.7 Å². The van der Waals surface area contributed by atoms with Crippen LogP contribution in [0.2, 0.25) is 0 Å². The number of nitriles is 1. The first-order chi connectivity index (χ1) is 11.8. The molecule has 5 N–H and O–H groups in total. The number of carbonyl (C=O) groups excluding carboxylic acids is 1. The number of nitrogen functional groups attached to an aromatic ring is 1. The van der Waals surface area contributed by atoms with Crippen LogP contribution in [0.4, 0.5) is 10.6 Å². The fraction of sp³-hybridized carbons (Fsp3) is 0.722. The molecule has 2 rings (SSSR count). The minimum atomic E-state index is -0.106. The average Bonchev–Trinajstić information content (AvgIpc) is 2.91. The average molecular weight is 346 g/mol. The third kappa shape index (κ3) is 5.12. The van der Waals surface area contributed by atoms with Gasteiger partial charge in [0.15, 0.2) is 5.82 Å². The summed E-state index contributed by atoms with van der Waals surface area (Å²) < 4.78 is 0. The number of carbonyl (C=O) groups is 1. The van der Waals surface area contributed by atoms with Crippen LogP contribution in [-0.2, 0) is 6.42 Å². The van der Waals surface area contributed by atoms with Crippen molar-refractivity contribution in [3.63, 3.8) is 0 Å². The lowest BCUT2D eigenvalue weighted by atomic mass is 9.69. The number of aromatic nitrogens is 2. The van der Waals surface area contributed by atoms with Crippen molar-refractivity contribution in [3.05, 3.63) is 11.3 Å². The molecule has 0 bridgehead atoms. The Morgan fingerprint density at radius 2 is 2.12 bits per heavy atom. The number of aryl methyl sites for hydroxylation is 1. The number of amides is 2. The summed E-state index contributed by atoms with van der Waals surface area (Å²) in [6.45, 7) is 7.29. The number of aromatic amines is 1. The van der Waals surface area contributed by atoms with Crippen molar-refractivity contribution in [2.24, 2.45) is 11.3 Å². The second kappa shape index (κ2) is 8.24. The summed E-state index contributed by atoms with van der Waals surface area (Å²) in [6, 6.07) is 2.18. The third-order valence-electron chi connectivity index (χ3n) is 5.06. The van der Waals surface area contributed by atoms with Crippen molar-refractivity contribution in [2.75, 3.05) is 12.3 Å². The van der Waals surface area contributed by atoms with E-state index < -0.39 is 0 Å². The van der Waals surface area contributed by atoms with Crippen molar-refractivity contribution in [1.82, 2.24) is 20.8 Å². The van der Waals surface area contributed by atoms with Gasteiger partial charge in [0.1, 0.15) is 11.6 Å². The van der Waals surface area contributed by atoms with E-state index in [1.807, 2.05) is 6.07 Å². The van der Waals surface area contributed by atoms with Gasteiger partial charge in [-0.15, -0.1) is 0 Å². The Labute approximate surface area is 149 Å². The van der Waals surface area contributed by atoms with Crippen LogP contribution in [0.5, 0.6) is 0 Å². The lowest BCUT2D eigenvalue weighted by Gasteiger charge is -2.40. The van der Waals surface area contributed by atoms with E-state index in [4.69, 9.17) is 11.0 Å². The number of nitrogens with one attached hydrogen (secondary N) is 3. The van der Waals surface area contributed by atoms with Crippen molar-refractivity contribution in [1.29, 1.82) is 5.26 Å². The molecule has 2 amide bonds. The lowest BCUT2D eigenvalue weighted by molar-refractivity contribution is 0.133. The summed E-state index contributed by atoms with van der Waals surface area (Å²) in [4.78, 5) is 12.2. The molecule has 1 aliphatic carbocycles. The van der Waals surface area contributed by atoms with Gasteiger partial charge < -0.3 is 16.4 Å². The van der Waals surface area contributed by atoms with Gasteiger partial charge in [0.2, 0.25) is 0 Å². The molecule has 1 aromatic rings. The second-order valence-electron chi connectivity index (χ2n) is 7.94. The molecular formula is C18H30N6O. The SMILES string of the molecule is CC(C)(C)[C@H]1CCCC[C@@H]1NC(=O)NCCCc1[nH]nc(N)c1C#N. The lowest BCUT2D eigenvalue weighted by Crippen LogP contribution is -2.50. The van der Waals surface area contributed by atoms with Crippen LogP contribution >= 0.6 is 0 Å². The maximum atomic E-state index is 12.2. The van der Waals surface area contributed by atoms with Crippen LogP contribution in [-0.4, -0.2) is 28.8 Å². The standard InChI is InChI=1S/C18H30N6O/c1-18(2,3)13-7-4-5-8-15(13)22-17(25)21-10-6-9-14-12(11-19)16(20)24-23-14/h13,15H,4-10H2,1-3H3,(H3,20,23,24)(H2,21,22,25)/t13-,15-/m0/s1. The quantitative estimate of drug-likeness (QED) is 0.613. The molecule has 0 radical (unpaired) electrons. The summed E-state index contributed by atoms with van der Waals surface area (Å²) in [5.41, 5.74) is 6.94. The highest BCUT2D eigenvalue weighted by atomic mass is 16.2. The van der Waals surface area contributed by atoms with Gasteiger partial charge in [0.05, 0.1) is 5.69 Å². The highest BCUT2D eigenvalue weighted by Crippen LogP contribution is 2.37. The van der Waals surface area contributed by atoms with Gasteiger partial charge >= 0.3 is 6.03 Å². The van der Waals surface area contributed by atoms with Crippen LogP contribution in [0.1, 0.15) is 64.1 Å². The van der Waals surface area contributed by atoms with Gasteiger partial charge in [-0.1, -0.05) is 33.6 Å². The molecular weight excluding hydrogens is 316 g/mol. The monoisotopic (exact) mass is 346 g/mol. The van der Waals surface area contributed by atoms with E-state index in [-0.39, 0.29) is 23.3 Å². The molecule has 1 fully saturated rings. The zero-order valence-electron chi connectivity index (χ0n) is 15.5. The van der Waals surface area contributed by atoms with E-state index in [9.17, 15) is 4.79 Å². The molecule has 1 saturated carbocycles. The Hall–Kier alpha value is -2.23. The predicted molar refractivity (Wildman–Crippen MR) is 97.8 cm³/mol. The maximum Gasteiger partial charge on any atom is 0.315 e. The minimum Gasteiger partial charge on any atom is -0.381 e. The fourth-order valence-electron chi connectivity index (χ4n) is 3.73.